The minimum absolute atomic E-state index is 0.153. The summed E-state index contributed by atoms with van der Waals surface area (Å²) in [7, 11) is 0. The Labute approximate surface area is 120 Å². The molecule has 1 saturated heterocycles. The fourth-order valence-electron chi connectivity index (χ4n) is 2.87. The van der Waals surface area contributed by atoms with Gasteiger partial charge in [0.05, 0.1) is 0 Å². The number of rotatable bonds is 4. The fraction of sp³-hybridized carbons (Fsp3) is 0.733. The number of hydrogen-bond acceptors (Lipinski definition) is 2. The third-order valence-corrected chi connectivity index (χ3v) is 4.09. The molecule has 0 aromatic carbocycles. The Morgan fingerprint density at radius 2 is 2.00 bits per heavy atom. The van der Waals surface area contributed by atoms with Gasteiger partial charge in [-0.15, -0.1) is 0 Å². The summed E-state index contributed by atoms with van der Waals surface area (Å²) in [5, 5.41) is 5.67. The van der Waals surface area contributed by atoms with Crippen LogP contribution >= 0.6 is 0 Å². The molecule has 2 rings (SSSR count). The second kappa shape index (κ2) is 7.31. The van der Waals surface area contributed by atoms with Crippen molar-refractivity contribution in [3.8, 4) is 0 Å². The van der Waals surface area contributed by atoms with Crippen molar-refractivity contribution in [1.82, 2.24) is 15.5 Å². The van der Waals surface area contributed by atoms with Crippen molar-refractivity contribution < 1.29 is 9.59 Å². The highest BCUT2D eigenvalue weighted by atomic mass is 16.2. The molecule has 0 radical (unpaired) electrons. The molecule has 0 aromatic heterocycles. The number of piperidine rings is 1. The van der Waals surface area contributed by atoms with Crippen LogP contribution in [0.4, 0.5) is 4.79 Å². The highest BCUT2D eigenvalue weighted by Crippen LogP contribution is 2.16. The number of hydrogen-bond donors (Lipinski definition) is 2. The minimum atomic E-state index is -0.168. The molecule has 1 atom stereocenters. The molecule has 1 aliphatic heterocycles. The summed E-state index contributed by atoms with van der Waals surface area (Å²) in [6, 6.07) is 0.389. The van der Waals surface area contributed by atoms with E-state index < -0.39 is 0 Å². The molecule has 0 bridgehead atoms. The lowest BCUT2D eigenvalue weighted by Crippen LogP contribution is -2.45. The Hall–Kier alpha value is -1.52. The van der Waals surface area contributed by atoms with Crippen molar-refractivity contribution in [2.45, 2.75) is 57.5 Å². The molecular formula is C15H25N3O2. The van der Waals surface area contributed by atoms with E-state index in [9.17, 15) is 9.59 Å². The molecule has 5 heteroatoms. The fourth-order valence-corrected chi connectivity index (χ4v) is 2.87. The van der Waals surface area contributed by atoms with E-state index in [1.54, 1.807) is 0 Å². The third-order valence-electron chi connectivity index (χ3n) is 4.09. The summed E-state index contributed by atoms with van der Waals surface area (Å²) in [6.45, 7) is 3.37. The summed E-state index contributed by atoms with van der Waals surface area (Å²) < 4.78 is 0. The topological polar surface area (TPSA) is 61.4 Å². The van der Waals surface area contributed by atoms with Crippen LogP contribution in [-0.4, -0.2) is 42.0 Å². The Morgan fingerprint density at radius 3 is 2.70 bits per heavy atom. The first kappa shape index (κ1) is 14.9. The molecule has 1 fully saturated rings. The van der Waals surface area contributed by atoms with Crippen molar-refractivity contribution in [2.75, 3.05) is 13.1 Å². The molecule has 0 unspecified atom stereocenters. The Kier molecular flexibility index (Phi) is 5.44. The Bertz CT molecular complexity index is 373. The smallest absolute Gasteiger partial charge is 0.315 e. The standard InChI is InChI=1S/C15H25N3O2/c1-12-6-4-5-11-18(12)14(19)9-10-16-15(20)17-13-7-2-3-8-13/h2-3,12-13H,4-11H2,1H3,(H2,16,17,20)/t12-/m0/s1. The average Bonchev–Trinajstić information content (AvgIpc) is 2.92. The molecule has 2 aliphatic rings. The van der Waals surface area contributed by atoms with E-state index in [0.29, 0.717) is 19.0 Å². The van der Waals surface area contributed by atoms with E-state index in [-0.39, 0.29) is 18.0 Å². The second-order valence-corrected chi connectivity index (χ2v) is 5.72. The first-order valence-electron chi connectivity index (χ1n) is 7.65. The van der Waals surface area contributed by atoms with Crippen LogP contribution in [0.3, 0.4) is 0 Å². The maximum absolute atomic E-state index is 12.1. The molecule has 0 spiro atoms. The van der Waals surface area contributed by atoms with E-state index in [1.807, 2.05) is 4.90 Å². The number of urea groups is 1. The van der Waals surface area contributed by atoms with Gasteiger partial charge >= 0.3 is 6.03 Å². The van der Waals surface area contributed by atoms with Gasteiger partial charge in [0.15, 0.2) is 0 Å². The largest absolute Gasteiger partial charge is 0.340 e. The number of amides is 3. The molecule has 0 saturated carbocycles. The highest BCUT2D eigenvalue weighted by Gasteiger charge is 2.22. The SMILES string of the molecule is C[C@H]1CCCCN1C(=O)CCNC(=O)NC1CC=CC1. The van der Waals surface area contributed by atoms with Gasteiger partial charge in [0.1, 0.15) is 0 Å². The van der Waals surface area contributed by atoms with E-state index in [0.717, 1.165) is 32.2 Å². The molecule has 20 heavy (non-hydrogen) atoms. The predicted octanol–water partition coefficient (Wildman–Crippen LogP) is 1.80. The lowest BCUT2D eigenvalue weighted by molar-refractivity contribution is -0.134. The van der Waals surface area contributed by atoms with Crippen LogP contribution in [0.1, 0.15) is 45.4 Å². The molecule has 2 N–H and O–H groups in total. The minimum Gasteiger partial charge on any atom is -0.340 e. The van der Waals surface area contributed by atoms with Crippen LogP contribution in [0.25, 0.3) is 0 Å². The monoisotopic (exact) mass is 279 g/mol. The molecular weight excluding hydrogens is 254 g/mol. The average molecular weight is 279 g/mol. The molecule has 3 amide bonds. The number of carbonyl (C=O) groups excluding carboxylic acids is 2. The van der Waals surface area contributed by atoms with Crippen molar-refractivity contribution in [2.24, 2.45) is 0 Å². The number of nitrogens with one attached hydrogen (secondary N) is 2. The maximum atomic E-state index is 12.1. The Balaban J connectivity index is 1.62. The zero-order chi connectivity index (χ0) is 14.4. The first-order valence-corrected chi connectivity index (χ1v) is 7.65. The van der Waals surface area contributed by atoms with Crippen LogP contribution in [0, 0.1) is 0 Å². The third kappa shape index (κ3) is 4.25. The molecule has 5 nitrogen and oxygen atoms in total. The van der Waals surface area contributed by atoms with Crippen molar-refractivity contribution in [3.63, 3.8) is 0 Å². The van der Waals surface area contributed by atoms with Gasteiger partial charge < -0.3 is 15.5 Å². The van der Waals surface area contributed by atoms with Gasteiger partial charge in [-0.25, -0.2) is 4.79 Å². The molecule has 1 aliphatic carbocycles. The van der Waals surface area contributed by atoms with E-state index >= 15 is 0 Å². The van der Waals surface area contributed by atoms with Gasteiger partial charge in [-0.2, -0.15) is 0 Å². The van der Waals surface area contributed by atoms with Gasteiger partial charge in [0.2, 0.25) is 5.91 Å². The van der Waals surface area contributed by atoms with Gasteiger partial charge in [-0.3, -0.25) is 4.79 Å². The molecule has 1 heterocycles. The van der Waals surface area contributed by atoms with Crippen LogP contribution in [0.5, 0.6) is 0 Å². The van der Waals surface area contributed by atoms with Crippen molar-refractivity contribution in [1.29, 1.82) is 0 Å². The number of nitrogens with zero attached hydrogens (tertiary/aromatic N) is 1. The van der Waals surface area contributed by atoms with Crippen LogP contribution < -0.4 is 10.6 Å². The van der Waals surface area contributed by atoms with Crippen LogP contribution in [0.15, 0.2) is 12.2 Å². The van der Waals surface area contributed by atoms with E-state index in [2.05, 4.69) is 29.7 Å². The zero-order valence-electron chi connectivity index (χ0n) is 12.2. The van der Waals surface area contributed by atoms with Gasteiger partial charge in [0, 0.05) is 31.6 Å². The van der Waals surface area contributed by atoms with Gasteiger partial charge in [0.25, 0.3) is 0 Å². The summed E-state index contributed by atoms with van der Waals surface area (Å²) in [5.41, 5.74) is 0. The van der Waals surface area contributed by atoms with E-state index in [1.165, 1.54) is 6.42 Å². The van der Waals surface area contributed by atoms with Crippen molar-refractivity contribution in [3.05, 3.63) is 12.2 Å². The molecule has 112 valence electrons. The first-order chi connectivity index (χ1) is 9.66. The summed E-state index contributed by atoms with van der Waals surface area (Å²) in [6.07, 6.45) is 9.74. The van der Waals surface area contributed by atoms with Crippen LogP contribution in [-0.2, 0) is 4.79 Å². The number of likely N-dealkylation sites (tertiary alicyclic amines) is 1. The lowest BCUT2D eigenvalue weighted by Gasteiger charge is -2.33. The maximum Gasteiger partial charge on any atom is 0.315 e. The van der Waals surface area contributed by atoms with E-state index in [4.69, 9.17) is 0 Å². The second-order valence-electron chi connectivity index (χ2n) is 5.72. The van der Waals surface area contributed by atoms with Gasteiger partial charge in [-0.1, -0.05) is 12.2 Å². The summed E-state index contributed by atoms with van der Waals surface area (Å²) in [5.74, 6) is 0.153. The summed E-state index contributed by atoms with van der Waals surface area (Å²) >= 11 is 0. The lowest BCUT2D eigenvalue weighted by atomic mass is 10.0. The van der Waals surface area contributed by atoms with Crippen molar-refractivity contribution >= 4 is 11.9 Å². The van der Waals surface area contributed by atoms with Gasteiger partial charge in [-0.05, 0) is 39.0 Å². The predicted molar refractivity (Wildman–Crippen MR) is 78.3 cm³/mol. The molecule has 0 aromatic rings. The summed E-state index contributed by atoms with van der Waals surface area (Å²) in [4.78, 5) is 25.7. The normalized spacial score (nSPS) is 22.9. The van der Waals surface area contributed by atoms with Crippen LogP contribution in [0.2, 0.25) is 0 Å². The Morgan fingerprint density at radius 1 is 1.25 bits per heavy atom. The highest BCUT2D eigenvalue weighted by molar-refractivity contribution is 5.78. The zero-order valence-corrected chi connectivity index (χ0v) is 12.2. The quantitative estimate of drug-likeness (QED) is 0.771. The number of carbonyl (C=O) groups is 2.